The van der Waals surface area contributed by atoms with Gasteiger partial charge in [-0.3, -0.25) is 4.79 Å². The van der Waals surface area contributed by atoms with Crippen molar-refractivity contribution in [3.8, 4) is 5.75 Å². The summed E-state index contributed by atoms with van der Waals surface area (Å²) in [6.07, 6.45) is -4.72. The number of carbonyl (C=O) groups is 2. The molecule has 0 spiro atoms. The number of halogens is 3. The molecule has 1 rings (SSSR count). The van der Waals surface area contributed by atoms with Crippen molar-refractivity contribution in [1.29, 1.82) is 0 Å². The molecule has 0 aliphatic carbocycles. The average Bonchev–Trinajstić information content (AvgIpc) is 2.45. The van der Waals surface area contributed by atoms with Gasteiger partial charge < -0.3 is 20.1 Å². The second-order valence-corrected chi connectivity index (χ2v) is 6.50. The summed E-state index contributed by atoms with van der Waals surface area (Å²) >= 11 is 0. The van der Waals surface area contributed by atoms with Crippen molar-refractivity contribution in [2.45, 2.75) is 45.6 Å². The highest BCUT2D eigenvalue weighted by Gasteiger charge is 2.30. The molecule has 0 saturated heterocycles. The van der Waals surface area contributed by atoms with Gasteiger partial charge in [0.2, 0.25) is 5.91 Å². The Labute approximate surface area is 150 Å². The predicted octanol–water partition coefficient (Wildman–Crippen LogP) is 3.16. The van der Waals surface area contributed by atoms with Crippen molar-refractivity contribution in [2.24, 2.45) is 0 Å². The highest BCUT2D eigenvalue weighted by Crippen LogP contribution is 2.22. The van der Waals surface area contributed by atoms with Crippen LogP contribution in [0.25, 0.3) is 0 Å². The molecule has 26 heavy (non-hydrogen) atoms. The van der Waals surface area contributed by atoms with Crippen LogP contribution in [0, 0.1) is 0 Å². The number of alkyl halides is 3. The lowest BCUT2D eigenvalue weighted by molar-refractivity contribution is -0.274. The molecule has 146 valence electrons. The Bertz CT molecular complexity index is 596. The Morgan fingerprint density at radius 1 is 1.00 bits per heavy atom. The largest absolute Gasteiger partial charge is 0.573 e. The maximum atomic E-state index is 12.1. The van der Waals surface area contributed by atoms with E-state index >= 15 is 0 Å². The molecule has 0 aliphatic rings. The molecule has 1 aromatic carbocycles. The lowest BCUT2D eigenvalue weighted by Gasteiger charge is -2.19. The van der Waals surface area contributed by atoms with Gasteiger partial charge in [-0.25, -0.2) is 4.79 Å². The summed E-state index contributed by atoms with van der Waals surface area (Å²) < 4.78 is 45.0. The van der Waals surface area contributed by atoms with Gasteiger partial charge in [-0.2, -0.15) is 0 Å². The molecule has 0 unspecified atom stereocenters. The normalized spacial score (nSPS) is 11.6. The number of carbonyl (C=O) groups excluding carboxylic acids is 2. The zero-order valence-electron chi connectivity index (χ0n) is 14.9. The third-order valence-corrected chi connectivity index (χ3v) is 2.87. The van der Waals surface area contributed by atoms with Gasteiger partial charge in [0, 0.05) is 13.1 Å². The van der Waals surface area contributed by atoms with Gasteiger partial charge in [0.15, 0.2) is 0 Å². The van der Waals surface area contributed by atoms with Crippen molar-refractivity contribution >= 4 is 12.0 Å². The van der Waals surface area contributed by atoms with Crippen molar-refractivity contribution in [3.63, 3.8) is 0 Å². The van der Waals surface area contributed by atoms with Crippen LogP contribution in [0.3, 0.4) is 0 Å². The minimum Gasteiger partial charge on any atom is -0.444 e. The van der Waals surface area contributed by atoms with Crippen LogP contribution in [0.5, 0.6) is 5.75 Å². The molecule has 2 N–H and O–H groups in total. The minimum atomic E-state index is -4.74. The third-order valence-electron chi connectivity index (χ3n) is 2.87. The van der Waals surface area contributed by atoms with Crippen LogP contribution >= 0.6 is 0 Å². The highest BCUT2D eigenvalue weighted by molar-refractivity contribution is 5.78. The first-order valence-electron chi connectivity index (χ1n) is 8.03. The average molecular weight is 376 g/mol. The quantitative estimate of drug-likeness (QED) is 0.717. The predicted molar refractivity (Wildman–Crippen MR) is 88.7 cm³/mol. The monoisotopic (exact) mass is 376 g/mol. The Morgan fingerprint density at radius 2 is 1.58 bits per heavy atom. The van der Waals surface area contributed by atoms with Gasteiger partial charge in [-0.05, 0) is 44.9 Å². The second kappa shape index (κ2) is 9.30. The molecule has 0 radical (unpaired) electrons. The summed E-state index contributed by atoms with van der Waals surface area (Å²) in [5.41, 5.74) is -0.0113. The Kier molecular flexibility index (Phi) is 7.73. The number of hydrogen-bond acceptors (Lipinski definition) is 4. The third kappa shape index (κ3) is 10.4. The number of amides is 2. The molecule has 0 aliphatic heterocycles. The second-order valence-electron chi connectivity index (χ2n) is 6.50. The zero-order valence-corrected chi connectivity index (χ0v) is 14.9. The smallest absolute Gasteiger partial charge is 0.444 e. The summed E-state index contributed by atoms with van der Waals surface area (Å²) in [5.74, 6) is -0.610. The van der Waals surface area contributed by atoms with Gasteiger partial charge in [0.05, 0.1) is 6.42 Å². The van der Waals surface area contributed by atoms with Crippen LogP contribution in [0.2, 0.25) is 0 Å². The molecule has 0 aromatic heterocycles. The van der Waals surface area contributed by atoms with Gasteiger partial charge in [-0.1, -0.05) is 12.1 Å². The first-order valence-corrected chi connectivity index (χ1v) is 8.03. The van der Waals surface area contributed by atoms with Gasteiger partial charge in [0.25, 0.3) is 0 Å². The molecule has 0 heterocycles. The number of alkyl carbamates (subject to hydrolysis) is 1. The molecule has 0 atom stereocenters. The Hall–Kier alpha value is -2.45. The Balaban J connectivity index is 2.23. The van der Waals surface area contributed by atoms with E-state index in [1.54, 1.807) is 20.8 Å². The summed E-state index contributed by atoms with van der Waals surface area (Å²) in [6, 6.07) is 5.09. The molecular formula is C17H23F3N2O4. The molecule has 1 aromatic rings. The first-order chi connectivity index (χ1) is 11.9. The highest BCUT2D eigenvalue weighted by atomic mass is 19.4. The molecule has 0 fully saturated rings. The number of hydrogen-bond donors (Lipinski definition) is 2. The fraction of sp³-hybridized carbons (Fsp3) is 0.529. The maximum Gasteiger partial charge on any atom is 0.573 e. The van der Waals surface area contributed by atoms with Gasteiger partial charge in [0.1, 0.15) is 11.4 Å². The molecule has 9 heteroatoms. The maximum absolute atomic E-state index is 12.1. The van der Waals surface area contributed by atoms with Crippen molar-refractivity contribution in [1.82, 2.24) is 10.6 Å². The van der Waals surface area contributed by atoms with E-state index in [0.717, 1.165) is 12.1 Å². The minimum absolute atomic E-state index is 0.0335. The van der Waals surface area contributed by atoms with E-state index in [9.17, 15) is 22.8 Å². The SMILES string of the molecule is CC(C)(C)OC(=O)NCCCNC(=O)Cc1ccc(OC(F)(F)F)cc1. The van der Waals surface area contributed by atoms with Crippen molar-refractivity contribution < 1.29 is 32.2 Å². The van der Waals surface area contributed by atoms with Crippen LogP contribution in [0.4, 0.5) is 18.0 Å². The van der Waals surface area contributed by atoms with Crippen molar-refractivity contribution in [3.05, 3.63) is 29.8 Å². The van der Waals surface area contributed by atoms with Crippen LogP contribution in [-0.2, 0) is 16.0 Å². The summed E-state index contributed by atoms with van der Waals surface area (Å²) in [7, 11) is 0. The fourth-order valence-corrected chi connectivity index (χ4v) is 1.88. The van der Waals surface area contributed by atoms with Gasteiger partial charge >= 0.3 is 12.5 Å². The van der Waals surface area contributed by atoms with E-state index in [-0.39, 0.29) is 18.1 Å². The summed E-state index contributed by atoms with van der Waals surface area (Å²) in [4.78, 5) is 23.2. The lowest BCUT2D eigenvalue weighted by Crippen LogP contribution is -2.34. The first kappa shape index (κ1) is 21.6. The molecule has 0 bridgehead atoms. The van der Waals surface area contributed by atoms with E-state index < -0.39 is 18.1 Å². The molecule has 2 amide bonds. The number of ether oxygens (including phenoxy) is 2. The van der Waals surface area contributed by atoms with Crippen LogP contribution in [0.15, 0.2) is 24.3 Å². The lowest BCUT2D eigenvalue weighted by atomic mass is 10.1. The number of benzene rings is 1. The molecule has 0 saturated carbocycles. The Morgan fingerprint density at radius 3 is 2.12 bits per heavy atom. The van der Waals surface area contributed by atoms with E-state index in [4.69, 9.17) is 4.74 Å². The summed E-state index contributed by atoms with van der Waals surface area (Å²) in [6.45, 7) is 5.97. The molecule has 6 nitrogen and oxygen atoms in total. The fourth-order valence-electron chi connectivity index (χ4n) is 1.88. The summed E-state index contributed by atoms with van der Waals surface area (Å²) in [5, 5.41) is 5.23. The number of nitrogens with one attached hydrogen (secondary N) is 2. The van der Waals surface area contributed by atoms with Crippen LogP contribution in [-0.4, -0.2) is 37.1 Å². The topological polar surface area (TPSA) is 76.7 Å². The van der Waals surface area contributed by atoms with Crippen LogP contribution in [0.1, 0.15) is 32.8 Å². The molecular weight excluding hydrogens is 353 g/mol. The van der Waals surface area contributed by atoms with Gasteiger partial charge in [-0.15, -0.1) is 13.2 Å². The zero-order chi connectivity index (χ0) is 19.8. The van der Waals surface area contributed by atoms with E-state index in [1.165, 1.54) is 12.1 Å². The number of rotatable bonds is 7. The van der Waals surface area contributed by atoms with Crippen molar-refractivity contribution in [2.75, 3.05) is 13.1 Å². The van der Waals surface area contributed by atoms with E-state index in [1.807, 2.05) is 0 Å². The van der Waals surface area contributed by atoms with Crippen LogP contribution < -0.4 is 15.4 Å². The van der Waals surface area contributed by atoms with E-state index in [2.05, 4.69) is 15.4 Å². The standard InChI is InChI=1S/C17H23F3N2O4/c1-16(2,3)26-15(24)22-10-4-9-21-14(23)11-12-5-7-13(8-6-12)25-17(18,19)20/h5-8H,4,9-11H2,1-3H3,(H,21,23)(H,22,24). The van der Waals surface area contributed by atoms with E-state index in [0.29, 0.717) is 25.1 Å².